The van der Waals surface area contributed by atoms with E-state index >= 15 is 0 Å². The number of hydrogen-bond acceptors (Lipinski definition) is 7. The van der Waals surface area contributed by atoms with Crippen molar-refractivity contribution in [2.75, 3.05) is 56.2 Å². The highest BCUT2D eigenvalue weighted by Gasteiger charge is 2.35. The van der Waals surface area contributed by atoms with E-state index in [1.54, 1.807) is 11.1 Å². The predicted molar refractivity (Wildman–Crippen MR) is 111 cm³/mol. The Hall–Kier alpha value is -2.62. The number of amides is 2. The molecule has 0 unspecified atom stereocenters. The van der Waals surface area contributed by atoms with Gasteiger partial charge in [0.2, 0.25) is 5.91 Å². The Balaban J connectivity index is 1.30. The van der Waals surface area contributed by atoms with Gasteiger partial charge in [-0.05, 0) is 37.2 Å². The minimum absolute atomic E-state index is 0.267. The molecule has 1 aromatic heterocycles. The number of nitrogens with one attached hydrogen (secondary N) is 1. The van der Waals surface area contributed by atoms with Gasteiger partial charge in [-0.1, -0.05) is 0 Å². The third-order valence-electron chi connectivity index (χ3n) is 5.42. The van der Waals surface area contributed by atoms with E-state index in [-0.39, 0.29) is 17.2 Å². The number of thiocarbonyl (C=S) groups is 1. The minimum Gasteiger partial charge on any atom is -0.474 e. The lowest BCUT2D eigenvalue weighted by Gasteiger charge is -2.35. The maximum atomic E-state index is 12.2. The number of aromatic nitrogens is 1. The van der Waals surface area contributed by atoms with Crippen LogP contribution in [0.1, 0.15) is 12.8 Å². The van der Waals surface area contributed by atoms with Gasteiger partial charge in [-0.2, -0.15) is 0 Å². The number of carbonyl (C=O) groups excluding carboxylic acids is 2. The van der Waals surface area contributed by atoms with Gasteiger partial charge in [0.15, 0.2) is 0 Å². The fraction of sp³-hybridized carbons (Fsp3) is 0.579. The monoisotopic (exact) mass is 419 g/mol. The Morgan fingerprint density at radius 2 is 2.07 bits per heavy atom. The SMILES string of the molecule is COC(=S)NC[C@H]1CN(c2ccc(N3CCN(C(=O)C4CC4)CC3)nc2)C(=O)O1. The van der Waals surface area contributed by atoms with E-state index < -0.39 is 6.09 Å². The lowest BCUT2D eigenvalue weighted by atomic mass is 10.2. The maximum absolute atomic E-state index is 12.2. The number of nitrogens with zero attached hydrogens (tertiary/aromatic N) is 4. The number of ether oxygens (including phenoxy) is 2. The first-order chi connectivity index (χ1) is 14.0. The second kappa shape index (κ2) is 8.40. The topological polar surface area (TPSA) is 87.2 Å². The van der Waals surface area contributed by atoms with Gasteiger partial charge >= 0.3 is 6.09 Å². The molecule has 29 heavy (non-hydrogen) atoms. The first-order valence-electron chi connectivity index (χ1n) is 9.85. The Bertz CT molecular complexity index is 777. The zero-order chi connectivity index (χ0) is 20.4. The van der Waals surface area contributed by atoms with Gasteiger partial charge in [-0.3, -0.25) is 9.69 Å². The number of anilines is 2. The Morgan fingerprint density at radius 1 is 1.31 bits per heavy atom. The summed E-state index contributed by atoms with van der Waals surface area (Å²) in [6.45, 7) is 3.81. The van der Waals surface area contributed by atoms with Crippen LogP contribution in [0.2, 0.25) is 0 Å². The maximum Gasteiger partial charge on any atom is 0.414 e. The number of rotatable bonds is 5. The molecule has 0 spiro atoms. The molecule has 3 aliphatic rings. The van der Waals surface area contributed by atoms with Crippen molar-refractivity contribution in [3.05, 3.63) is 18.3 Å². The van der Waals surface area contributed by atoms with E-state index in [0.29, 0.717) is 24.7 Å². The van der Waals surface area contributed by atoms with Crippen LogP contribution in [-0.4, -0.2) is 79.5 Å². The van der Waals surface area contributed by atoms with E-state index in [0.717, 1.165) is 44.8 Å². The van der Waals surface area contributed by atoms with Gasteiger partial charge < -0.3 is 24.6 Å². The fourth-order valence-corrected chi connectivity index (χ4v) is 3.66. The van der Waals surface area contributed by atoms with Crippen LogP contribution in [0.5, 0.6) is 0 Å². The van der Waals surface area contributed by atoms with E-state index in [9.17, 15) is 9.59 Å². The van der Waals surface area contributed by atoms with Gasteiger partial charge in [-0.15, -0.1) is 0 Å². The molecule has 2 aliphatic heterocycles. The van der Waals surface area contributed by atoms with Crippen molar-refractivity contribution < 1.29 is 19.1 Å². The molecule has 1 saturated carbocycles. The lowest BCUT2D eigenvalue weighted by molar-refractivity contribution is -0.132. The molecule has 2 amide bonds. The highest BCUT2D eigenvalue weighted by Crippen LogP contribution is 2.31. The number of hydrogen-bond donors (Lipinski definition) is 1. The van der Waals surface area contributed by atoms with Crippen molar-refractivity contribution in [3.63, 3.8) is 0 Å². The summed E-state index contributed by atoms with van der Waals surface area (Å²) in [5, 5.41) is 3.16. The summed E-state index contributed by atoms with van der Waals surface area (Å²) in [4.78, 5) is 34.6. The van der Waals surface area contributed by atoms with Gasteiger partial charge in [0, 0.05) is 32.1 Å². The van der Waals surface area contributed by atoms with E-state index in [2.05, 4.69) is 15.2 Å². The molecule has 0 aromatic carbocycles. The molecular formula is C19H25N5O4S. The van der Waals surface area contributed by atoms with Gasteiger partial charge in [-0.25, -0.2) is 9.78 Å². The number of carbonyl (C=O) groups is 2. The molecule has 3 heterocycles. The van der Waals surface area contributed by atoms with E-state index in [1.807, 2.05) is 17.0 Å². The lowest BCUT2D eigenvalue weighted by Crippen LogP contribution is -2.49. The van der Waals surface area contributed by atoms with Crippen molar-refractivity contribution in [1.82, 2.24) is 15.2 Å². The first-order valence-corrected chi connectivity index (χ1v) is 10.3. The molecule has 10 heteroatoms. The zero-order valence-electron chi connectivity index (χ0n) is 16.4. The average Bonchev–Trinajstić information content (AvgIpc) is 3.54. The molecule has 1 aliphatic carbocycles. The van der Waals surface area contributed by atoms with Crippen molar-refractivity contribution in [3.8, 4) is 0 Å². The highest BCUT2D eigenvalue weighted by atomic mass is 32.1. The third-order valence-corrected chi connectivity index (χ3v) is 5.73. The third kappa shape index (κ3) is 4.52. The number of methoxy groups -OCH3 is 1. The number of piperazine rings is 1. The number of pyridine rings is 1. The van der Waals surface area contributed by atoms with Crippen molar-refractivity contribution in [2.45, 2.75) is 18.9 Å². The molecule has 3 fully saturated rings. The van der Waals surface area contributed by atoms with Crippen LogP contribution in [0.4, 0.5) is 16.3 Å². The Labute approximate surface area is 174 Å². The van der Waals surface area contributed by atoms with Gasteiger partial charge in [0.1, 0.15) is 11.9 Å². The standard InChI is InChI=1S/C19H25N5O4S/c1-27-18(29)21-11-15-12-24(19(26)28-15)14-4-5-16(20-10-14)22-6-8-23(9-7-22)17(25)13-2-3-13/h4-5,10,13,15H,2-3,6-9,11-12H2,1H3,(H,21,29)/t15-/m0/s1. The molecule has 4 rings (SSSR count). The van der Waals surface area contributed by atoms with Gasteiger partial charge in [0.25, 0.3) is 5.17 Å². The average molecular weight is 420 g/mol. The van der Waals surface area contributed by atoms with E-state index in [4.69, 9.17) is 21.7 Å². The highest BCUT2D eigenvalue weighted by molar-refractivity contribution is 7.80. The molecular weight excluding hydrogens is 394 g/mol. The molecule has 0 radical (unpaired) electrons. The first kappa shape index (κ1) is 19.7. The molecule has 2 saturated heterocycles. The molecule has 1 aromatic rings. The predicted octanol–water partition coefficient (Wildman–Crippen LogP) is 0.986. The molecule has 156 valence electrons. The van der Waals surface area contributed by atoms with Crippen LogP contribution in [0.3, 0.4) is 0 Å². The van der Waals surface area contributed by atoms with Crippen LogP contribution in [0.25, 0.3) is 0 Å². The Morgan fingerprint density at radius 3 is 2.69 bits per heavy atom. The summed E-state index contributed by atoms with van der Waals surface area (Å²) in [6, 6.07) is 3.79. The van der Waals surface area contributed by atoms with Crippen molar-refractivity contribution >= 4 is 40.9 Å². The van der Waals surface area contributed by atoms with Crippen molar-refractivity contribution in [1.29, 1.82) is 0 Å². The second-order valence-electron chi connectivity index (χ2n) is 7.45. The summed E-state index contributed by atoms with van der Waals surface area (Å²) < 4.78 is 10.2. The van der Waals surface area contributed by atoms with E-state index in [1.165, 1.54) is 7.11 Å². The molecule has 1 atom stereocenters. The summed E-state index contributed by atoms with van der Waals surface area (Å²) in [5.41, 5.74) is 0.693. The summed E-state index contributed by atoms with van der Waals surface area (Å²) >= 11 is 4.93. The van der Waals surface area contributed by atoms with Crippen LogP contribution >= 0.6 is 12.2 Å². The normalized spacial score (nSPS) is 21.8. The van der Waals surface area contributed by atoms with Crippen LogP contribution < -0.4 is 15.1 Å². The Kier molecular flexibility index (Phi) is 5.70. The molecule has 1 N–H and O–H groups in total. The second-order valence-corrected chi connectivity index (χ2v) is 7.82. The van der Waals surface area contributed by atoms with Crippen LogP contribution in [0.15, 0.2) is 18.3 Å². The molecule has 9 nitrogen and oxygen atoms in total. The largest absolute Gasteiger partial charge is 0.474 e. The molecule has 0 bridgehead atoms. The summed E-state index contributed by atoms with van der Waals surface area (Å²) in [7, 11) is 1.49. The van der Waals surface area contributed by atoms with Crippen molar-refractivity contribution in [2.24, 2.45) is 5.92 Å². The fourth-order valence-electron chi connectivity index (χ4n) is 3.58. The smallest absolute Gasteiger partial charge is 0.414 e. The minimum atomic E-state index is -0.401. The zero-order valence-corrected chi connectivity index (χ0v) is 17.2. The number of cyclic esters (lactones) is 1. The van der Waals surface area contributed by atoms with Crippen LogP contribution in [0, 0.1) is 5.92 Å². The summed E-state index contributed by atoms with van der Waals surface area (Å²) in [6.07, 6.45) is 3.05. The quantitative estimate of drug-likeness (QED) is 0.707. The summed E-state index contributed by atoms with van der Waals surface area (Å²) in [5.74, 6) is 1.42. The van der Waals surface area contributed by atoms with Crippen LogP contribution in [-0.2, 0) is 14.3 Å². The van der Waals surface area contributed by atoms with Gasteiger partial charge in [0.05, 0.1) is 32.1 Å².